The minimum Gasteiger partial charge on any atom is -0.378 e. The number of carbonyl (C=O) groups excluding carboxylic acids is 1. The Morgan fingerprint density at radius 2 is 2.00 bits per heavy atom. The van der Waals surface area contributed by atoms with E-state index in [9.17, 15) is 4.79 Å². The number of ether oxygens (including phenoxy) is 1. The Hall–Kier alpha value is -0.370. The molecule has 2 rings (SSSR count). The van der Waals surface area contributed by atoms with Crippen LogP contribution in [0.25, 0.3) is 0 Å². The Labute approximate surface area is 137 Å². The maximum Gasteiger partial charge on any atom is 0.201 e. The van der Waals surface area contributed by atoms with E-state index in [-0.39, 0.29) is 5.92 Å². The van der Waals surface area contributed by atoms with Crippen molar-refractivity contribution in [3.05, 3.63) is 6.42 Å². The van der Waals surface area contributed by atoms with Gasteiger partial charge in [-0.15, -0.1) is 0 Å². The van der Waals surface area contributed by atoms with Gasteiger partial charge in [-0.25, -0.2) is 0 Å². The quantitative estimate of drug-likeness (QED) is 0.486. The Balaban J connectivity index is 1.44. The first-order valence-corrected chi connectivity index (χ1v) is 9.59. The summed E-state index contributed by atoms with van der Waals surface area (Å²) in [5, 5.41) is 0. The molecule has 0 aromatic carbocycles. The lowest BCUT2D eigenvalue weighted by atomic mass is 9.95. The van der Waals surface area contributed by atoms with Crippen LogP contribution in [0.4, 0.5) is 0 Å². The molecular weight excluding hydrogens is 272 g/mol. The number of hydrogen-bond acceptors (Lipinski definition) is 2. The van der Waals surface area contributed by atoms with Gasteiger partial charge in [-0.1, -0.05) is 39.0 Å². The Bertz CT molecular complexity index is 296. The van der Waals surface area contributed by atoms with Crippen molar-refractivity contribution in [1.29, 1.82) is 0 Å². The summed E-state index contributed by atoms with van der Waals surface area (Å²) in [5.41, 5.74) is 0. The maximum absolute atomic E-state index is 10.4. The van der Waals surface area contributed by atoms with Crippen molar-refractivity contribution in [2.45, 2.75) is 90.1 Å². The highest BCUT2D eigenvalue weighted by Gasteiger charge is 2.25. The summed E-state index contributed by atoms with van der Waals surface area (Å²) >= 11 is 0. The Morgan fingerprint density at radius 1 is 1.14 bits per heavy atom. The average Bonchev–Trinajstić information content (AvgIpc) is 3.19. The van der Waals surface area contributed by atoms with Crippen LogP contribution in [-0.4, -0.2) is 19.0 Å². The molecule has 2 nitrogen and oxygen atoms in total. The van der Waals surface area contributed by atoms with Crippen LogP contribution in [0.2, 0.25) is 0 Å². The second kappa shape index (κ2) is 10.4. The van der Waals surface area contributed by atoms with Crippen molar-refractivity contribution in [1.82, 2.24) is 0 Å². The molecule has 0 heterocycles. The maximum atomic E-state index is 10.4. The summed E-state index contributed by atoms with van der Waals surface area (Å²) in [6.07, 6.45) is 20.6. The highest BCUT2D eigenvalue weighted by molar-refractivity contribution is 5.53. The summed E-state index contributed by atoms with van der Waals surface area (Å²) in [6, 6.07) is 0. The van der Waals surface area contributed by atoms with Crippen LogP contribution in [0.1, 0.15) is 84.0 Å². The average molecular weight is 306 g/mol. The third kappa shape index (κ3) is 6.81. The van der Waals surface area contributed by atoms with Crippen LogP contribution in [0.3, 0.4) is 0 Å². The van der Waals surface area contributed by atoms with Crippen LogP contribution in [-0.2, 0) is 9.53 Å². The van der Waals surface area contributed by atoms with E-state index >= 15 is 0 Å². The summed E-state index contributed by atoms with van der Waals surface area (Å²) in [6.45, 7) is 2.82. The van der Waals surface area contributed by atoms with Crippen LogP contribution in [0.5, 0.6) is 0 Å². The fourth-order valence-corrected chi connectivity index (χ4v) is 4.09. The Kier molecular flexibility index (Phi) is 8.51. The first-order valence-electron chi connectivity index (χ1n) is 9.59. The molecule has 4 unspecified atom stereocenters. The number of hydrogen-bond donors (Lipinski definition) is 0. The van der Waals surface area contributed by atoms with E-state index in [0.29, 0.717) is 6.10 Å². The van der Waals surface area contributed by atoms with Gasteiger partial charge in [0, 0.05) is 12.5 Å². The molecule has 0 aliphatic heterocycles. The lowest BCUT2D eigenvalue weighted by molar-refractivity contribution is 0.0523. The van der Waals surface area contributed by atoms with Crippen molar-refractivity contribution in [2.75, 3.05) is 6.61 Å². The normalized spacial score (nSPS) is 27.3. The van der Waals surface area contributed by atoms with Crippen LogP contribution in [0, 0.1) is 24.2 Å². The largest absolute Gasteiger partial charge is 0.378 e. The summed E-state index contributed by atoms with van der Waals surface area (Å²) in [7, 11) is 0. The molecule has 2 fully saturated rings. The predicted molar refractivity (Wildman–Crippen MR) is 91.3 cm³/mol. The minimum absolute atomic E-state index is 0.0910. The van der Waals surface area contributed by atoms with E-state index < -0.39 is 0 Å². The molecule has 0 amide bonds. The van der Waals surface area contributed by atoms with Crippen LogP contribution in [0.15, 0.2) is 0 Å². The predicted octanol–water partition coefficient (Wildman–Crippen LogP) is 5.26. The molecule has 2 heteroatoms. The second-order valence-corrected chi connectivity index (χ2v) is 7.59. The molecular formula is C20H34O2. The van der Waals surface area contributed by atoms with Gasteiger partial charge in [0.05, 0.1) is 6.10 Å². The van der Waals surface area contributed by atoms with Gasteiger partial charge in [0.15, 0.2) is 0 Å². The van der Waals surface area contributed by atoms with Crippen molar-refractivity contribution < 1.29 is 9.53 Å². The molecule has 2 radical (unpaired) electrons. The molecule has 0 N–H and O–H groups in total. The van der Waals surface area contributed by atoms with Gasteiger partial charge in [-0.2, -0.15) is 0 Å². The summed E-state index contributed by atoms with van der Waals surface area (Å²) in [4.78, 5) is 10.4. The van der Waals surface area contributed by atoms with Crippen molar-refractivity contribution in [2.24, 2.45) is 17.8 Å². The molecule has 4 atom stereocenters. The van der Waals surface area contributed by atoms with E-state index in [4.69, 9.17) is 4.74 Å². The molecule has 0 bridgehead atoms. The first-order chi connectivity index (χ1) is 10.8. The van der Waals surface area contributed by atoms with Crippen LogP contribution < -0.4 is 0 Å². The molecule has 0 saturated heterocycles. The highest BCUT2D eigenvalue weighted by Crippen LogP contribution is 2.34. The molecule has 2 saturated carbocycles. The van der Waals surface area contributed by atoms with Crippen LogP contribution >= 0.6 is 0 Å². The smallest absolute Gasteiger partial charge is 0.201 e. The summed E-state index contributed by atoms with van der Waals surface area (Å²) in [5.74, 6) is 2.01. The molecule has 2 aliphatic rings. The van der Waals surface area contributed by atoms with Crippen molar-refractivity contribution in [3.63, 3.8) is 0 Å². The fourth-order valence-electron chi connectivity index (χ4n) is 4.09. The van der Waals surface area contributed by atoms with Gasteiger partial charge in [-0.05, 0) is 63.2 Å². The second-order valence-electron chi connectivity index (χ2n) is 7.59. The third-order valence-electron chi connectivity index (χ3n) is 5.58. The topological polar surface area (TPSA) is 26.3 Å². The zero-order chi connectivity index (χ0) is 15.6. The molecule has 22 heavy (non-hydrogen) atoms. The van der Waals surface area contributed by atoms with E-state index in [1.54, 1.807) is 0 Å². The van der Waals surface area contributed by atoms with Gasteiger partial charge < -0.3 is 4.74 Å². The lowest BCUT2D eigenvalue weighted by Gasteiger charge is -2.14. The number of rotatable bonds is 11. The number of unbranched alkanes of at least 4 members (excludes halogenated alkanes) is 1. The molecule has 0 aromatic heterocycles. The molecule has 0 spiro atoms. The van der Waals surface area contributed by atoms with Crippen molar-refractivity contribution >= 4 is 6.29 Å². The van der Waals surface area contributed by atoms with Gasteiger partial charge >= 0.3 is 0 Å². The van der Waals surface area contributed by atoms with E-state index in [1.165, 1.54) is 57.8 Å². The fraction of sp³-hybridized carbons (Fsp3) is 0.900. The zero-order valence-corrected chi connectivity index (χ0v) is 14.4. The van der Waals surface area contributed by atoms with E-state index in [2.05, 4.69) is 6.42 Å². The van der Waals surface area contributed by atoms with Gasteiger partial charge in [0.2, 0.25) is 6.29 Å². The van der Waals surface area contributed by atoms with E-state index in [1.807, 2.05) is 13.2 Å². The molecule has 2 aliphatic carbocycles. The monoisotopic (exact) mass is 306 g/mol. The standard InChI is InChI=1S/C20H34O2/c1-17(16-21)7-4-5-14-22-20-13-12-19(15-20)11-6-10-18-8-2-3-9-18/h2,17-20H,3-15H2,1H3. The van der Waals surface area contributed by atoms with Gasteiger partial charge in [0.1, 0.15) is 0 Å². The summed E-state index contributed by atoms with van der Waals surface area (Å²) < 4.78 is 6.02. The van der Waals surface area contributed by atoms with E-state index in [0.717, 1.165) is 37.7 Å². The van der Waals surface area contributed by atoms with Gasteiger partial charge in [0.25, 0.3) is 0 Å². The highest BCUT2D eigenvalue weighted by atomic mass is 16.5. The molecule has 0 aromatic rings. The lowest BCUT2D eigenvalue weighted by Crippen LogP contribution is -2.10. The third-order valence-corrected chi connectivity index (χ3v) is 5.58. The van der Waals surface area contributed by atoms with Gasteiger partial charge in [-0.3, -0.25) is 4.79 Å². The minimum atomic E-state index is 0.0910. The Morgan fingerprint density at radius 3 is 2.77 bits per heavy atom. The SMILES string of the molecule is CC([C]=O)CCCCOC1CCC(CCCC2C[CH]CC2)C1. The first kappa shape index (κ1) is 18.0. The molecule has 126 valence electrons. The zero-order valence-electron chi connectivity index (χ0n) is 14.4. The van der Waals surface area contributed by atoms with Crippen molar-refractivity contribution in [3.8, 4) is 0 Å².